The first-order valence-corrected chi connectivity index (χ1v) is 3.20. The summed E-state index contributed by atoms with van der Waals surface area (Å²) in [5, 5.41) is 3.34. The molecule has 0 unspecified atom stereocenters. The fraction of sp³-hybridized carbons (Fsp3) is 1.00. The van der Waals surface area contributed by atoms with Gasteiger partial charge in [0.15, 0.2) is 0 Å². The van der Waals surface area contributed by atoms with E-state index in [1.165, 1.54) is 19.5 Å². The summed E-state index contributed by atoms with van der Waals surface area (Å²) in [6.45, 7) is 4.39. The van der Waals surface area contributed by atoms with Gasteiger partial charge in [0.25, 0.3) is 0 Å². The molecule has 0 bridgehead atoms. The summed E-state index contributed by atoms with van der Waals surface area (Å²) in [5.41, 5.74) is 0.583. The number of nitrogens with one attached hydrogen (secondary N) is 1. The van der Waals surface area contributed by atoms with Crippen molar-refractivity contribution in [2.45, 2.75) is 6.42 Å². The third kappa shape index (κ3) is 1.07. The van der Waals surface area contributed by atoms with E-state index in [1.54, 1.807) is 0 Å². The predicted molar refractivity (Wildman–Crippen MR) is 38.0 cm³/mol. The Labute approximate surface area is 61.4 Å². The lowest BCUT2D eigenvalue weighted by Crippen LogP contribution is -2.43. The Hall–Kier alpha value is 0.210. The average molecular weight is 150 g/mol. The second kappa shape index (κ2) is 2.45. The summed E-state index contributed by atoms with van der Waals surface area (Å²) in [6, 6.07) is 0. The van der Waals surface area contributed by atoms with Gasteiger partial charge in [0.1, 0.15) is 0 Å². The second-order valence-corrected chi connectivity index (χ2v) is 2.92. The maximum Gasteiger partial charge on any atom is 0.0557 e. The molecule has 0 aliphatic carbocycles. The van der Waals surface area contributed by atoms with E-state index in [0.717, 1.165) is 13.2 Å². The Morgan fingerprint density at radius 1 is 1.33 bits per heavy atom. The molecule has 1 N–H and O–H groups in total. The summed E-state index contributed by atoms with van der Waals surface area (Å²) in [4.78, 5) is 0. The van der Waals surface area contributed by atoms with Gasteiger partial charge in [-0.1, -0.05) is 0 Å². The molecule has 0 atom stereocenters. The molecule has 2 rings (SSSR count). The number of hydrogen-bond donors (Lipinski definition) is 1. The smallest absolute Gasteiger partial charge is 0.0557 e. The monoisotopic (exact) mass is 149 g/mol. The molecule has 2 heterocycles. The van der Waals surface area contributed by atoms with E-state index in [4.69, 9.17) is 4.74 Å². The van der Waals surface area contributed by atoms with Crippen molar-refractivity contribution in [3.05, 3.63) is 0 Å². The number of hydrogen-bond acceptors (Lipinski definition) is 2. The van der Waals surface area contributed by atoms with Gasteiger partial charge < -0.3 is 10.1 Å². The fourth-order valence-electron chi connectivity index (χ4n) is 1.43. The van der Waals surface area contributed by atoms with Gasteiger partial charge in [0, 0.05) is 12.0 Å². The van der Waals surface area contributed by atoms with Crippen LogP contribution in [0.1, 0.15) is 6.42 Å². The van der Waals surface area contributed by atoms with Crippen LogP contribution in [0.25, 0.3) is 0 Å². The van der Waals surface area contributed by atoms with Gasteiger partial charge in [-0.2, -0.15) is 0 Å². The van der Waals surface area contributed by atoms with Gasteiger partial charge in [-0.25, -0.2) is 0 Å². The predicted octanol–water partition coefficient (Wildman–Crippen LogP) is 0.418. The highest BCUT2D eigenvalue weighted by Gasteiger charge is 2.40. The molecule has 3 heteroatoms. The maximum absolute atomic E-state index is 5.12. The molecule has 0 aromatic heterocycles. The Balaban J connectivity index is 0.000000405. The van der Waals surface area contributed by atoms with Crippen molar-refractivity contribution in [3.8, 4) is 0 Å². The normalized spacial score (nSPS) is 29.3. The van der Waals surface area contributed by atoms with E-state index >= 15 is 0 Å². The molecule has 0 amide bonds. The number of ether oxygens (including phenoxy) is 1. The van der Waals surface area contributed by atoms with Crippen molar-refractivity contribution in [1.29, 1.82) is 0 Å². The zero-order valence-electron chi connectivity index (χ0n) is 5.35. The molecule has 2 saturated heterocycles. The van der Waals surface area contributed by atoms with Crippen LogP contribution in [0.3, 0.4) is 0 Å². The van der Waals surface area contributed by atoms with Gasteiger partial charge in [-0.05, 0) is 13.0 Å². The molecule has 0 radical (unpaired) electrons. The second-order valence-electron chi connectivity index (χ2n) is 2.92. The summed E-state index contributed by atoms with van der Waals surface area (Å²) in [7, 11) is 0. The van der Waals surface area contributed by atoms with Crippen LogP contribution >= 0.6 is 12.4 Å². The molecule has 2 aliphatic heterocycles. The largest absolute Gasteiger partial charge is 0.380 e. The zero-order valence-corrected chi connectivity index (χ0v) is 6.17. The van der Waals surface area contributed by atoms with Crippen LogP contribution < -0.4 is 5.32 Å². The van der Waals surface area contributed by atoms with Crippen molar-refractivity contribution >= 4 is 12.4 Å². The van der Waals surface area contributed by atoms with Crippen LogP contribution in [0.5, 0.6) is 0 Å². The molecular weight excluding hydrogens is 138 g/mol. The minimum Gasteiger partial charge on any atom is -0.380 e. The van der Waals surface area contributed by atoms with Crippen molar-refractivity contribution < 1.29 is 4.74 Å². The summed E-state index contributed by atoms with van der Waals surface area (Å²) < 4.78 is 5.12. The Bertz CT molecular complexity index is 95.2. The standard InChI is InChI=1S/C6H11NO.ClH/c1-2-7-3-6(1)4-8-5-6;/h7H,1-5H2;1H. The molecular formula is C6H12ClNO. The molecule has 9 heavy (non-hydrogen) atoms. The number of rotatable bonds is 0. The third-order valence-corrected chi connectivity index (χ3v) is 2.15. The van der Waals surface area contributed by atoms with Crippen LogP contribution in [0.15, 0.2) is 0 Å². The van der Waals surface area contributed by atoms with E-state index in [-0.39, 0.29) is 12.4 Å². The number of halogens is 1. The molecule has 2 fully saturated rings. The van der Waals surface area contributed by atoms with E-state index in [0.29, 0.717) is 5.41 Å². The first kappa shape index (κ1) is 7.32. The van der Waals surface area contributed by atoms with Crippen LogP contribution in [0, 0.1) is 5.41 Å². The molecule has 54 valence electrons. The fourth-order valence-corrected chi connectivity index (χ4v) is 1.43. The average Bonchev–Trinajstić information content (AvgIpc) is 2.07. The Morgan fingerprint density at radius 2 is 2.11 bits per heavy atom. The highest BCUT2D eigenvalue weighted by molar-refractivity contribution is 5.85. The maximum atomic E-state index is 5.12. The van der Waals surface area contributed by atoms with Crippen LogP contribution in [0.4, 0.5) is 0 Å². The van der Waals surface area contributed by atoms with Gasteiger partial charge in [-0.15, -0.1) is 12.4 Å². The van der Waals surface area contributed by atoms with E-state index in [9.17, 15) is 0 Å². The SMILES string of the molecule is C1CC2(CN1)COC2.Cl. The van der Waals surface area contributed by atoms with Gasteiger partial charge in [-0.3, -0.25) is 0 Å². The van der Waals surface area contributed by atoms with E-state index < -0.39 is 0 Å². The van der Waals surface area contributed by atoms with Crippen molar-refractivity contribution in [2.24, 2.45) is 5.41 Å². The lowest BCUT2D eigenvalue weighted by Gasteiger charge is -2.36. The van der Waals surface area contributed by atoms with Crippen LogP contribution in [-0.4, -0.2) is 26.3 Å². The lowest BCUT2D eigenvalue weighted by molar-refractivity contribution is -0.0995. The molecule has 0 aromatic carbocycles. The van der Waals surface area contributed by atoms with Crippen molar-refractivity contribution in [3.63, 3.8) is 0 Å². The highest BCUT2D eigenvalue weighted by Crippen LogP contribution is 2.32. The van der Waals surface area contributed by atoms with Crippen LogP contribution in [-0.2, 0) is 4.74 Å². The van der Waals surface area contributed by atoms with Gasteiger partial charge in [0.2, 0.25) is 0 Å². The quantitative estimate of drug-likeness (QED) is 0.539. The molecule has 2 nitrogen and oxygen atoms in total. The highest BCUT2D eigenvalue weighted by atomic mass is 35.5. The summed E-state index contributed by atoms with van der Waals surface area (Å²) in [6.07, 6.45) is 1.33. The molecule has 0 saturated carbocycles. The third-order valence-electron chi connectivity index (χ3n) is 2.15. The molecule has 1 spiro atoms. The van der Waals surface area contributed by atoms with Gasteiger partial charge >= 0.3 is 0 Å². The van der Waals surface area contributed by atoms with Crippen LogP contribution in [0.2, 0.25) is 0 Å². The van der Waals surface area contributed by atoms with Crippen molar-refractivity contribution in [2.75, 3.05) is 26.3 Å². The Kier molecular flexibility index (Phi) is 1.99. The van der Waals surface area contributed by atoms with Crippen molar-refractivity contribution in [1.82, 2.24) is 5.32 Å². The lowest BCUT2D eigenvalue weighted by atomic mass is 9.86. The minimum atomic E-state index is 0. The first-order valence-electron chi connectivity index (χ1n) is 3.20. The van der Waals surface area contributed by atoms with E-state index in [1.807, 2.05) is 0 Å². The van der Waals surface area contributed by atoms with Gasteiger partial charge in [0.05, 0.1) is 13.2 Å². The zero-order chi connectivity index (χ0) is 5.45. The molecule has 2 aliphatic rings. The minimum absolute atomic E-state index is 0. The first-order chi connectivity index (χ1) is 3.91. The Morgan fingerprint density at radius 3 is 2.33 bits per heavy atom. The topological polar surface area (TPSA) is 21.3 Å². The summed E-state index contributed by atoms with van der Waals surface area (Å²) >= 11 is 0. The molecule has 0 aromatic rings. The van der Waals surface area contributed by atoms with E-state index in [2.05, 4.69) is 5.32 Å². The summed E-state index contributed by atoms with van der Waals surface area (Å²) in [5.74, 6) is 0.